The highest BCUT2D eigenvalue weighted by molar-refractivity contribution is 6.49. The van der Waals surface area contributed by atoms with Gasteiger partial charge in [0.25, 0.3) is 0 Å². The van der Waals surface area contributed by atoms with Crippen LogP contribution in [0.2, 0.25) is 5.31 Å². The molecule has 0 saturated carbocycles. The number of allylic oxidation sites excluding steroid dienone is 4. The summed E-state index contributed by atoms with van der Waals surface area (Å²) in [5.74, 6) is 0. The van der Waals surface area contributed by atoms with E-state index in [2.05, 4.69) is 0 Å². The van der Waals surface area contributed by atoms with Crippen LogP contribution in [0.3, 0.4) is 0 Å². The Bertz CT molecular complexity index is 237. The maximum Gasteiger partial charge on any atom is 0.463 e. The van der Waals surface area contributed by atoms with E-state index in [1.165, 1.54) is 0 Å². The fourth-order valence-electron chi connectivity index (χ4n) is 1.28. The molecule has 0 heterocycles. The summed E-state index contributed by atoms with van der Waals surface area (Å²) in [7, 11) is -1.42. The maximum absolute atomic E-state index is 9.12. The summed E-state index contributed by atoms with van der Waals surface area (Å²) in [5.41, 5.74) is 0.953. The fourth-order valence-corrected chi connectivity index (χ4v) is 1.54. The van der Waals surface area contributed by atoms with E-state index in [0.29, 0.717) is 0 Å². The molecule has 0 aromatic rings. The van der Waals surface area contributed by atoms with Gasteiger partial charge in [0.2, 0.25) is 0 Å². The zero-order valence-electron chi connectivity index (χ0n) is 7.16. The summed E-state index contributed by atoms with van der Waals surface area (Å²) in [6.45, 7) is 3.60. The minimum absolute atomic E-state index is 0.345. The maximum atomic E-state index is 9.12. The average molecular weight is 186 g/mol. The molecule has 0 fully saturated rings. The van der Waals surface area contributed by atoms with Gasteiger partial charge in [0, 0.05) is 5.31 Å². The summed E-state index contributed by atoms with van der Waals surface area (Å²) in [4.78, 5) is 0. The van der Waals surface area contributed by atoms with Crippen molar-refractivity contribution in [3.05, 3.63) is 23.8 Å². The molecule has 2 N–H and O–H groups in total. The van der Waals surface area contributed by atoms with Gasteiger partial charge in [-0.25, -0.2) is 0 Å². The van der Waals surface area contributed by atoms with E-state index < -0.39 is 12.4 Å². The number of hydrogen-bond donors (Lipinski definition) is 2. The number of halogens is 1. The van der Waals surface area contributed by atoms with Gasteiger partial charge in [-0.05, 0) is 6.92 Å². The zero-order chi connectivity index (χ0) is 9.35. The quantitative estimate of drug-likeness (QED) is 0.479. The van der Waals surface area contributed by atoms with Crippen LogP contribution < -0.4 is 0 Å². The summed E-state index contributed by atoms with van der Waals surface area (Å²) in [6.07, 6.45) is 5.40. The second kappa shape index (κ2) is 3.25. The molecule has 1 rings (SSSR count). The second-order valence-electron chi connectivity index (χ2n) is 3.37. The van der Waals surface area contributed by atoms with E-state index in [1.54, 1.807) is 19.1 Å². The Morgan fingerprint density at radius 2 is 2.17 bits per heavy atom. The van der Waals surface area contributed by atoms with Gasteiger partial charge in [0.15, 0.2) is 0 Å². The molecule has 0 radical (unpaired) electrons. The van der Waals surface area contributed by atoms with Crippen LogP contribution in [0.1, 0.15) is 13.8 Å². The topological polar surface area (TPSA) is 40.5 Å². The lowest BCUT2D eigenvalue weighted by Gasteiger charge is -2.32. The van der Waals surface area contributed by atoms with E-state index >= 15 is 0 Å². The lowest BCUT2D eigenvalue weighted by Crippen LogP contribution is -2.37. The van der Waals surface area contributed by atoms with Crippen molar-refractivity contribution in [2.45, 2.75) is 24.5 Å². The minimum atomic E-state index is -1.42. The van der Waals surface area contributed by atoms with Gasteiger partial charge in [-0.1, -0.05) is 30.7 Å². The standard InChI is InChI=1S/C8H12BClO2/c1-6-4-3-5-8(2,7(6)10)9(11)12/h3-5,7,11-12H,1-2H3. The first-order valence-corrected chi connectivity index (χ1v) is 4.28. The van der Waals surface area contributed by atoms with Gasteiger partial charge in [0.1, 0.15) is 0 Å². The van der Waals surface area contributed by atoms with Crippen LogP contribution in [-0.2, 0) is 0 Å². The Kier molecular flexibility index (Phi) is 2.66. The van der Waals surface area contributed by atoms with Crippen molar-refractivity contribution in [1.82, 2.24) is 0 Å². The van der Waals surface area contributed by atoms with Gasteiger partial charge >= 0.3 is 7.12 Å². The molecule has 2 nitrogen and oxygen atoms in total. The summed E-state index contributed by atoms with van der Waals surface area (Å²) >= 11 is 6.03. The lowest BCUT2D eigenvalue weighted by molar-refractivity contribution is 0.365. The molecule has 0 aromatic heterocycles. The highest BCUT2D eigenvalue weighted by Gasteiger charge is 2.43. The van der Waals surface area contributed by atoms with Gasteiger partial charge in [-0.15, -0.1) is 11.6 Å². The van der Waals surface area contributed by atoms with E-state index in [0.717, 1.165) is 5.57 Å². The predicted molar refractivity (Wildman–Crippen MR) is 51.1 cm³/mol. The van der Waals surface area contributed by atoms with Crippen LogP contribution in [0.4, 0.5) is 0 Å². The van der Waals surface area contributed by atoms with Crippen LogP contribution in [-0.4, -0.2) is 22.5 Å². The molecule has 2 unspecified atom stereocenters. The summed E-state index contributed by atoms with van der Waals surface area (Å²) < 4.78 is 0. The summed E-state index contributed by atoms with van der Waals surface area (Å²) in [5, 5.41) is 17.1. The molecule has 0 saturated heterocycles. The highest BCUT2D eigenvalue weighted by Crippen LogP contribution is 2.42. The lowest BCUT2D eigenvalue weighted by atomic mass is 9.55. The van der Waals surface area contributed by atoms with E-state index in [9.17, 15) is 0 Å². The SMILES string of the molecule is CC1=CC=CC(C)(B(O)O)C1Cl. The van der Waals surface area contributed by atoms with Gasteiger partial charge in [0.05, 0.1) is 5.38 Å². The van der Waals surface area contributed by atoms with Crippen molar-refractivity contribution in [2.75, 3.05) is 0 Å². The number of rotatable bonds is 1. The molecule has 1 aliphatic rings. The smallest absolute Gasteiger partial charge is 0.426 e. The first-order valence-electron chi connectivity index (χ1n) is 3.84. The monoisotopic (exact) mass is 186 g/mol. The van der Waals surface area contributed by atoms with Crippen molar-refractivity contribution in [2.24, 2.45) is 0 Å². The molecule has 66 valence electrons. The Labute approximate surface area is 77.7 Å². The molecule has 0 spiro atoms. The number of alkyl halides is 1. The molecular weight excluding hydrogens is 174 g/mol. The first-order chi connectivity index (χ1) is 5.48. The fraction of sp³-hybridized carbons (Fsp3) is 0.500. The van der Waals surface area contributed by atoms with E-state index in [-0.39, 0.29) is 5.38 Å². The molecule has 0 aliphatic heterocycles. The third kappa shape index (κ3) is 1.44. The van der Waals surface area contributed by atoms with Crippen molar-refractivity contribution in [3.63, 3.8) is 0 Å². The Morgan fingerprint density at radius 1 is 1.58 bits per heavy atom. The van der Waals surface area contributed by atoms with Crippen LogP contribution in [0.5, 0.6) is 0 Å². The van der Waals surface area contributed by atoms with Crippen molar-refractivity contribution in [3.8, 4) is 0 Å². The number of hydrogen-bond acceptors (Lipinski definition) is 2. The molecule has 2 atom stereocenters. The predicted octanol–water partition coefficient (Wildman–Crippen LogP) is 1.34. The van der Waals surface area contributed by atoms with E-state index in [1.807, 2.05) is 13.0 Å². The average Bonchev–Trinajstić information content (AvgIpc) is 2.00. The molecule has 4 heteroatoms. The van der Waals surface area contributed by atoms with Crippen molar-refractivity contribution >= 4 is 18.7 Å². The van der Waals surface area contributed by atoms with Gasteiger partial charge in [-0.2, -0.15) is 0 Å². The third-order valence-electron chi connectivity index (χ3n) is 2.32. The normalized spacial score (nSPS) is 34.8. The molecule has 1 aliphatic carbocycles. The summed E-state index contributed by atoms with van der Waals surface area (Å²) in [6, 6.07) is 0. The second-order valence-corrected chi connectivity index (χ2v) is 3.81. The van der Waals surface area contributed by atoms with Crippen LogP contribution >= 0.6 is 11.6 Å². The van der Waals surface area contributed by atoms with E-state index in [4.69, 9.17) is 21.6 Å². The third-order valence-corrected chi connectivity index (χ3v) is 3.13. The zero-order valence-corrected chi connectivity index (χ0v) is 7.92. The molecule has 0 amide bonds. The molecule has 0 aromatic carbocycles. The van der Waals surface area contributed by atoms with Crippen LogP contribution in [0.25, 0.3) is 0 Å². The molecular formula is C8H12BClO2. The Balaban J connectivity index is 2.95. The van der Waals surface area contributed by atoms with Gasteiger partial charge in [-0.3, -0.25) is 0 Å². The minimum Gasteiger partial charge on any atom is -0.426 e. The molecule has 12 heavy (non-hydrogen) atoms. The first kappa shape index (κ1) is 9.84. The Morgan fingerprint density at radius 3 is 2.58 bits per heavy atom. The largest absolute Gasteiger partial charge is 0.463 e. The Hall–Kier alpha value is -0.245. The van der Waals surface area contributed by atoms with Crippen molar-refractivity contribution < 1.29 is 10.0 Å². The highest BCUT2D eigenvalue weighted by atomic mass is 35.5. The van der Waals surface area contributed by atoms with Crippen LogP contribution in [0.15, 0.2) is 23.8 Å². The van der Waals surface area contributed by atoms with Gasteiger partial charge < -0.3 is 10.0 Å². The van der Waals surface area contributed by atoms with Crippen molar-refractivity contribution in [1.29, 1.82) is 0 Å². The molecule has 0 bridgehead atoms. The van der Waals surface area contributed by atoms with Crippen LogP contribution in [0, 0.1) is 0 Å².